The van der Waals surface area contributed by atoms with Gasteiger partial charge in [-0.1, -0.05) is 0 Å². The minimum Gasteiger partial charge on any atom is -0.383 e. The van der Waals surface area contributed by atoms with Crippen molar-refractivity contribution >= 4 is 11.8 Å². The van der Waals surface area contributed by atoms with Crippen molar-refractivity contribution in [2.75, 3.05) is 46.5 Å². The zero-order valence-electron chi connectivity index (χ0n) is 17.0. The number of hydrogen-bond donors (Lipinski definition) is 1. The van der Waals surface area contributed by atoms with E-state index >= 15 is 0 Å². The molecule has 27 heavy (non-hydrogen) atoms. The van der Waals surface area contributed by atoms with Crippen molar-refractivity contribution in [3.63, 3.8) is 0 Å². The Morgan fingerprint density at radius 3 is 2.63 bits per heavy atom. The normalized spacial score (nSPS) is 30.9. The number of fused-ring (bicyclic) bond motifs is 1. The van der Waals surface area contributed by atoms with Gasteiger partial charge in [0, 0.05) is 57.7 Å². The number of nitrogens with one attached hydrogen (secondary N) is 1. The third kappa shape index (κ3) is 4.81. The zero-order valence-corrected chi connectivity index (χ0v) is 17.0. The summed E-state index contributed by atoms with van der Waals surface area (Å²) < 4.78 is 11.0. The van der Waals surface area contributed by atoms with Gasteiger partial charge in [-0.25, -0.2) is 0 Å². The molecule has 7 heteroatoms. The molecule has 0 aromatic carbocycles. The van der Waals surface area contributed by atoms with Crippen LogP contribution in [0.1, 0.15) is 39.5 Å². The van der Waals surface area contributed by atoms with E-state index in [1.807, 2.05) is 4.90 Å². The van der Waals surface area contributed by atoms with Gasteiger partial charge in [-0.3, -0.25) is 14.5 Å². The first-order chi connectivity index (χ1) is 13.0. The summed E-state index contributed by atoms with van der Waals surface area (Å²) >= 11 is 0. The molecule has 3 rings (SSSR count). The summed E-state index contributed by atoms with van der Waals surface area (Å²) in [6.07, 6.45) is 3.08. The topological polar surface area (TPSA) is 71.1 Å². The molecular formula is C20H35N3O4. The van der Waals surface area contributed by atoms with Gasteiger partial charge in [-0.05, 0) is 32.6 Å². The second-order valence-corrected chi connectivity index (χ2v) is 8.41. The fourth-order valence-electron chi connectivity index (χ4n) is 5.01. The van der Waals surface area contributed by atoms with Gasteiger partial charge in [0.2, 0.25) is 11.8 Å². The number of methoxy groups -OCH3 is 1. The van der Waals surface area contributed by atoms with Crippen LogP contribution in [0.3, 0.4) is 0 Å². The molecule has 3 fully saturated rings. The molecule has 7 nitrogen and oxygen atoms in total. The number of amides is 2. The summed E-state index contributed by atoms with van der Waals surface area (Å²) in [6.45, 7) is 8.82. The molecule has 0 bridgehead atoms. The molecule has 0 aliphatic carbocycles. The Morgan fingerprint density at radius 2 is 1.96 bits per heavy atom. The van der Waals surface area contributed by atoms with Crippen LogP contribution in [0, 0.1) is 11.8 Å². The van der Waals surface area contributed by atoms with Gasteiger partial charge < -0.3 is 19.7 Å². The van der Waals surface area contributed by atoms with Crippen LogP contribution in [-0.4, -0.2) is 86.3 Å². The second kappa shape index (κ2) is 9.34. The molecule has 3 aliphatic rings. The molecule has 0 spiro atoms. The highest BCUT2D eigenvalue weighted by Gasteiger charge is 2.51. The van der Waals surface area contributed by atoms with E-state index in [1.165, 1.54) is 0 Å². The van der Waals surface area contributed by atoms with Crippen molar-refractivity contribution in [2.24, 2.45) is 11.8 Å². The van der Waals surface area contributed by atoms with E-state index in [9.17, 15) is 9.59 Å². The van der Waals surface area contributed by atoms with Gasteiger partial charge in [0.25, 0.3) is 0 Å². The Kier molecular flexibility index (Phi) is 7.11. The molecule has 0 unspecified atom stereocenters. The lowest BCUT2D eigenvalue weighted by Crippen LogP contribution is -2.38. The van der Waals surface area contributed by atoms with Crippen LogP contribution in [0.15, 0.2) is 0 Å². The maximum absolute atomic E-state index is 12.7. The Bertz CT molecular complexity index is 521. The molecule has 3 heterocycles. The fraction of sp³-hybridized carbons (Fsp3) is 0.900. The maximum Gasteiger partial charge on any atom is 0.222 e. The zero-order chi connectivity index (χ0) is 19.4. The average molecular weight is 382 g/mol. The molecule has 0 aromatic rings. The van der Waals surface area contributed by atoms with E-state index in [0.29, 0.717) is 44.7 Å². The van der Waals surface area contributed by atoms with E-state index in [4.69, 9.17) is 9.47 Å². The molecule has 0 aromatic heterocycles. The first-order valence-electron chi connectivity index (χ1n) is 10.4. The molecule has 154 valence electrons. The number of carbonyl (C=O) groups excluding carboxylic acids is 2. The van der Waals surface area contributed by atoms with Crippen LogP contribution in [0.25, 0.3) is 0 Å². The number of likely N-dealkylation sites (tertiary alicyclic amines) is 2. The lowest BCUT2D eigenvalue weighted by Gasteiger charge is -2.26. The summed E-state index contributed by atoms with van der Waals surface area (Å²) in [5, 5.41) is 2.89. The Balaban J connectivity index is 1.63. The Labute approximate surface area is 162 Å². The van der Waals surface area contributed by atoms with Gasteiger partial charge in [0.15, 0.2) is 0 Å². The van der Waals surface area contributed by atoms with E-state index in [2.05, 4.69) is 24.1 Å². The number of ether oxygens (including phenoxy) is 2. The molecular weight excluding hydrogens is 346 g/mol. The monoisotopic (exact) mass is 381 g/mol. The van der Waals surface area contributed by atoms with Crippen LogP contribution in [0.2, 0.25) is 0 Å². The summed E-state index contributed by atoms with van der Waals surface area (Å²) in [5.74, 6) is 0.805. The molecule has 4 atom stereocenters. The van der Waals surface area contributed by atoms with Gasteiger partial charge in [-0.15, -0.1) is 0 Å². The molecule has 0 saturated carbocycles. The molecule has 2 amide bonds. The average Bonchev–Trinajstić information content (AvgIpc) is 3.34. The third-order valence-electron chi connectivity index (χ3n) is 6.34. The summed E-state index contributed by atoms with van der Waals surface area (Å²) in [4.78, 5) is 29.5. The molecule has 3 saturated heterocycles. The number of nitrogens with zero attached hydrogens (tertiary/aromatic N) is 2. The smallest absolute Gasteiger partial charge is 0.222 e. The van der Waals surface area contributed by atoms with Crippen LogP contribution in [0.4, 0.5) is 0 Å². The van der Waals surface area contributed by atoms with Crippen LogP contribution >= 0.6 is 0 Å². The lowest BCUT2D eigenvalue weighted by molar-refractivity contribution is -0.131. The number of rotatable bonds is 8. The van der Waals surface area contributed by atoms with Crippen molar-refractivity contribution in [3.05, 3.63) is 0 Å². The van der Waals surface area contributed by atoms with Gasteiger partial charge in [-0.2, -0.15) is 0 Å². The fourth-order valence-corrected chi connectivity index (χ4v) is 5.01. The quantitative estimate of drug-likeness (QED) is 0.632. The SMILES string of the molecule is COCCNC(=O)C[C@@H]1OC[C@@H]2[C@H]1[C@H](CC(=O)N1CCCC1)CN2C(C)C. The summed E-state index contributed by atoms with van der Waals surface area (Å²) in [7, 11) is 1.62. The predicted octanol–water partition coefficient (Wildman–Crippen LogP) is 0.875. The van der Waals surface area contributed by atoms with Crippen molar-refractivity contribution in [1.29, 1.82) is 0 Å². The maximum atomic E-state index is 12.7. The van der Waals surface area contributed by atoms with Gasteiger partial charge in [0.05, 0.1) is 25.7 Å². The van der Waals surface area contributed by atoms with E-state index in [-0.39, 0.29) is 29.8 Å². The van der Waals surface area contributed by atoms with Crippen molar-refractivity contribution in [1.82, 2.24) is 15.1 Å². The van der Waals surface area contributed by atoms with Crippen molar-refractivity contribution < 1.29 is 19.1 Å². The minimum atomic E-state index is -0.0994. The summed E-state index contributed by atoms with van der Waals surface area (Å²) in [6, 6.07) is 0.737. The Hall–Kier alpha value is -1.18. The third-order valence-corrected chi connectivity index (χ3v) is 6.34. The predicted molar refractivity (Wildman–Crippen MR) is 102 cm³/mol. The van der Waals surface area contributed by atoms with E-state index < -0.39 is 0 Å². The first-order valence-corrected chi connectivity index (χ1v) is 10.4. The number of carbonyl (C=O) groups is 2. The molecule has 1 N–H and O–H groups in total. The van der Waals surface area contributed by atoms with Gasteiger partial charge >= 0.3 is 0 Å². The van der Waals surface area contributed by atoms with Crippen molar-refractivity contribution in [3.8, 4) is 0 Å². The largest absolute Gasteiger partial charge is 0.383 e. The Morgan fingerprint density at radius 1 is 1.22 bits per heavy atom. The van der Waals surface area contributed by atoms with Crippen LogP contribution < -0.4 is 5.32 Å². The molecule has 3 aliphatic heterocycles. The summed E-state index contributed by atoms with van der Waals surface area (Å²) in [5.41, 5.74) is 0. The highest BCUT2D eigenvalue weighted by Crippen LogP contribution is 2.42. The standard InChI is InChI=1S/C20H35N3O4/c1-14(2)23-12-15(10-19(25)22-7-4-5-8-22)20-16(23)13-27-17(20)11-18(24)21-6-9-26-3/h14-17,20H,4-13H2,1-3H3,(H,21,24)/t15-,16-,17+,20-/m1/s1. The van der Waals surface area contributed by atoms with Crippen molar-refractivity contribution in [2.45, 2.75) is 57.7 Å². The van der Waals surface area contributed by atoms with E-state index in [1.54, 1.807) is 7.11 Å². The van der Waals surface area contributed by atoms with Gasteiger partial charge in [0.1, 0.15) is 0 Å². The molecule has 0 radical (unpaired) electrons. The van der Waals surface area contributed by atoms with Crippen LogP contribution in [-0.2, 0) is 19.1 Å². The number of hydrogen-bond acceptors (Lipinski definition) is 5. The lowest BCUT2D eigenvalue weighted by atomic mass is 9.84. The highest BCUT2D eigenvalue weighted by atomic mass is 16.5. The minimum absolute atomic E-state index is 0.00492. The first kappa shape index (κ1) is 20.6. The van der Waals surface area contributed by atoms with Crippen LogP contribution in [0.5, 0.6) is 0 Å². The highest BCUT2D eigenvalue weighted by molar-refractivity contribution is 5.77. The van der Waals surface area contributed by atoms with E-state index in [0.717, 1.165) is 32.5 Å². The second-order valence-electron chi connectivity index (χ2n) is 8.41.